The summed E-state index contributed by atoms with van der Waals surface area (Å²) < 4.78 is 18.9. The Hall–Kier alpha value is -2.09. The Balaban J connectivity index is 1.63. The van der Waals surface area contributed by atoms with Crippen molar-refractivity contribution in [1.82, 2.24) is 20.2 Å². The molecule has 2 aliphatic rings. The zero-order valence-corrected chi connectivity index (χ0v) is 15.9. The van der Waals surface area contributed by atoms with Crippen LogP contribution < -0.4 is 5.32 Å². The van der Waals surface area contributed by atoms with Gasteiger partial charge in [0.25, 0.3) is 5.91 Å². The molecule has 1 saturated carbocycles. The quantitative estimate of drug-likeness (QED) is 0.861. The standard InChI is InChI=1S/C19H27FN4O3/c1-12-21-10-14(11-22-12)18(25)23-16-9-13(3-4-17(16)27-2)19(26)24-7-5-15(20)6-8-24/h10-11,13,15-17H,3-9H2,1-2H3,(H,23,25)/t13-,16+,17+/m0/s1. The topological polar surface area (TPSA) is 84.4 Å². The lowest BCUT2D eigenvalue weighted by Gasteiger charge is -2.38. The van der Waals surface area contributed by atoms with E-state index in [4.69, 9.17) is 4.74 Å². The Morgan fingerprint density at radius 1 is 1.19 bits per heavy atom. The number of aromatic nitrogens is 2. The molecule has 148 valence electrons. The fourth-order valence-corrected chi connectivity index (χ4v) is 3.89. The van der Waals surface area contributed by atoms with Crippen LogP contribution in [0, 0.1) is 12.8 Å². The first-order valence-electron chi connectivity index (χ1n) is 9.53. The van der Waals surface area contributed by atoms with Gasteiger partial charge >= 0.3 is 0 Å². The van der Waals surface area contributed by atoms with Crippen LogP contribution in [0.1, 0.15) is 48.3 Å². The third-order valence-corrected chi connectivity index (χ3v) is 5.53. The summed E-state index contributed by atoms with van der Waals surface area (Å²) in [5.74, 6) is 0.219. The van der Waals surface area contributed by atoms with Crippen LogP contribution in [0.4, 0.5) is 4.39 Å². The van der Waals surface area contributed by atoms with Crippen molar-refractivity contribution < 1.29 is 18.7 Å². The Kier molecular flexibility index (Phi) is 6.36. The second-order valence-electron chi connectivity index (χ2n) is 7.38. The van der Waals surface area contributed by atoms with E-state index in [2.05, 4.69) is 15.3 Å². The number of hydrogen-bond acceptors (Lipinski definition) is 5. The smallest absolute Gasteiger partial charge is 0.254 e. The number of nitrogens with zero attached hydrogens (tertiary/aromatic N) is 3. The molecule has 27 heavy (non-hydrogen) atoms. The molecule has 1 saturated heterocycles. The Morgan fingerprint density at radius 2 is 1.85 bits per heavy atom. The number of methoxy groups -OCH3 is 1. The van der Waals surface area contributed by atoms with E-state index in [1.54, 1.807) is 18.9 Å². The predicted octanol–water partition coefficient (Wildman–Crippen LogP) is 1.66. The second-order valence-corrected chi connectivity index (χ2v) is 7.38. The van der Waals surface area contributed by atoms with Gasteiger partial charge in [0.2, 0.25) is 5.91 Å². The molecule has 1 aliphatic heterocycles. The van der Waals surface area contributed by atoms with Crippen LogP contribution in [0.3, 0.4) is 0 Å². The van der Waals surface area contributed by atoms with E-state index in [1.807, 2.05) is 0 Å². The van der Waals surface area contributed by atoms with Crippen LogP contribution in [-0.4, -0.2) is 65.2 Å². The zero-order chi connectivity index (χ0) is 19.4. The van der Waals surface area contributed by atoms with E-state index in [9.17, 15) is 14.0 Å². The van der Waals surface area contributed by atoms with E-state index in [0.29, 0.717) is 56.6 Å². The average molecular weight is 378 g/mol. The summed E-state index contributed by atoms with van der Waals surface area (Å²) >= 11 is 0. The minimum Gasteiger partial charge on any atom is -0.379 e. The first-order chi connectivity index (χ1) is 13.0. The number of hydrogen-bond donors (Lipinski definition) is 1. The zero-order valence-electron chi connectivity index (χ0n) is 15.9. The first kappa shape index (κ1) is 19.7. The molecule has 0 bridgehead atoms. The van der Waals surface area contributed by atoms with Crippen LogP contribution in [0.15, 0.2) is 12.4 Å². The van der Waals surface area contributed by atoms with Crippen molar-refractivity contribution in [3.63, 3.8) is 0 Å². The number of amides is 2. The number of halogens is 1. The summed E-state index contributed by atoms with van der Waals surface area (Å²) in [4.78, 5) is 35.2. The Labute approximate surface area is 158 Å². The fourth-order valence-electron chi connectivity index (χ4n) is 3.89. The third kappa shape index (κ3) is 4.80. The van der Waals surface area contributed by atoms with Crippen molar-refractivity contribution in [2.45, 2.75) is 57.3 Å². The van der Waals surface area contributed by atoms with E-state index < -0.39 is 6.17 Å². The summed E-state index contributed by atoms with van der Waals surface area (Å²) in [6.45, 7) is 2.70. The van der Waals surface area contributed by atoms with Gasteiger partial charge in [-0.15, -0.1) is 0 Å². The van der Waals surface area contributed by atoms with Crippen molar-refractivity contribution in [1.29, 1.82) is 0 Å². The van der Waals surface area contributed by atoms with Crippen molar-refractivity contribution in [2.75, 3.05) is 20.2 Å². The molecule has 8 heteroatoms. The molecule has 1 aromatic heterocycles. The molecule has 2 amide bonds. The largest absolute Gasteiger partial charge is 0.379 e. The number of carbonyl (C=O) groups excluding carboxylic acids is 2. The molecule has 0 unspecified atom stereocenters. The number of alkyl halides is 1. The van der Waals surface area contributed by atoms with Crippen LogP contribution >= 0.6 is 0 Å². The minimum atomic E-state index is -0.804. The van der Waals surface area contributed by atoms with E-state index >= 15 is 0 Å². The first-order valence-corrected chi connectivity index (χ1v) is 9.53. The molecular weight excluding hydrogens is 351 g/mol. The highest BCUT2D eigenvalue weighted by molar-refractivity contribution is 5.93. The maximum atomic E-state index is 13.3. The molecule has 1 aliphatic carbocycles. The van der Waals surface area contributed by atoms with Gasteiger partial charge < -0.3 is 15.0 Å². The number of likely N-dealkylation sites (tertiary alicyclic amines) is 1. The number of carbonyl (C=O) groups is 2. The summed E-state index contributed by atoms with van der Waals surface area (Å²) in [7, 11) is 1.62. The monoisotopic (exact) mass is 378 g/mol. The Morgan fingerprint density at radius 3 is 2.48 bits per heavy atom. The molecule has 7 nitrogen and oxygen atoms in total. The van der Waals surface area contributed by atoms with E-state index in [1.165, 1.54) is 12.4 Å². The van der Waals surface area contributed by atoms with Crippen molar-refractivity contribution in [2.24, 2.45) is 5.92 Å². The summed E-state index contributed by atoms with van der Waals surface area (Å²) in [5.41, 5.74) is 0.383. The van der Waals surface area contributed by atoms with Gasteiger partial charge in [0.15, 0.2) is 0 Å². The molecular formula is C19H27FN4O3. The van der Waals surface area contributed by atoms with Gasteiger partial charge in [-0.1, -0.05) is 0 Å². The van der Waals surface area contributed by atoms with Crippen molar-refractivity contribution in [3.05, 3.63) is 23.8 Å². The average Bonchev–Trinajstić information content (AvgIpc) is 2.68. The van der Waals surface area contributed by atoms with Crippen molar-refractivity contribution >= 4 is 11.8 Å². The lowest BCUT2D eigenvalue weighted by atomic mass is 9.82. The highest BCUT2D eigenvalue weighted by Gasteiger charge is 2.37. The molecule has 3 rings (SSSR count). The van der Waals surface area contributed by atoms with Crippen molar-refractivity contribution in [3.8, 4) is 0 Å². The van der Waals surface area contributed by atoms with Crippen LogP contribution in [0.5, 0.6) is 0 Å². The number of nitrogens with one attached hydrogen (secondary N) is 1. The third-order valence-electron chi connectivity index (χ3n) is 5.53. The van der Waals surface area contributed by atoms with Gasteiger partial charge in [-0.25, -0.2) is 14.4 Å². The summed E-state index contributed by atoms with van der Waals surface area (Å²) in [5, 5.41) is 2.98. The lowest BCUT2D eigenvalue weighted by molar-refractivity contribution is -0.139. The molecule has 0 spiro atoms. The predicted molar refractivity (Wildman–Crippen MR) is 96.9 cm³/mol. The highest BCUT2D eigenvalue weighted by atomic mass is 19.1. The maximum Gasteiger partial charge on any atom is 0.254 e. The van der Waals surface area contributed by atoms with Gasteiger partial charge in [0, 0.05) is 38.5 Å². The Bertz CT molecular complexity index is 661. The normalized spacial score (nSPS) is 26.6. The van der Waals surface area contributed by atoms with E-state index in [-0.39, 0.29) is 29.9 Å². The number of piperidine rings is 1. The minimum absolute atomic E-state index is 0.0642. The van der Waals surface area contributed by atoms with Crippen LogP contribution in [0.2, 0.25) is 0 Å². The molecule has 0 radical (unpaired) electrons. The number of ether oxygens (including phenoxy) is 1. The summed E-state index contributed by atoms with van der Waals surface area (Å²) in [6.07, 6.45) is 4.79. The van der Waals surface area contributed by atoms with Gasteiger partial charge in [-0.2, -0.15) is 0 Å². The van der Waals surface area contributed by atoms with Crippen LogP contribution in [0.25, 0.3) is 0 Å². The number of rotatable bonds is 4. The second kappa shape index (κ2) is 8.73. The molecule has 0 aromatic carbocycles. The molecule has 2 fully saturated rings. The SMILES string of the molecule is CO[C@@H]1CC[C@H](C(=O)N2CCC(F)CC2)C[C@H]1NC(=O)c1cnc(C)nc1. The molecule has 1 N–H and O–H groups in total. The highest BCUT2D eigenvalue weighted by Crippen LogP contribution is 2.29. The molecule has 3 atom stereocenters. The van der Waals surface area contributed by atoms with Gasteiger partial charge in [0.1, 0.15) is 12.0 Å². The lowest BCUT2D eigenvalue weighted by Crippen LogP contribution is -2.51. The van der Waals surface area contributed by atoms with E-state index in [0.717, 1.165) is 0 Å². The van der Waals surface area contributed by atoms with Crippen LogP contribution in [-0.2, 0) is 9.53 Å². The molecule has 2 heterocycles. The molecule has 1 aromatic rings. The maximum absolute atomic E-state index is 13.3. The van der Waals surface area contributed by atoms with Gasteiger partial charge in [0.05, 0.1) is 17.7 Å². The summed E-state index contributed by atoms with van der Waals surface area (Å²) in [6, 6.07) is -0.259. The fraction of sp³-hybridized carbons (Fsp3) is 0.684. The number of aryl methyl sites for hydroxylation is 1. The van der Waals surface area contributed by atoms with Gasteiger partial charge in [-0.3, -0.25) is 9.59 Å². The van der Waals surface area contributed by atoms with Gasteiger partial charge in [-0.05, 0) is 39.0 Å².